The summed E-state index contributed by atoms with van der Waals surface area (Å²) < 4.78 is 37.3. The van der Waals surface area contributed by atoms with E-state index in [1.807, 2.05) is 0 Å². The minimum absolute atomic E-state index is 0.265. The molecule has 1 aromatic heterocycles. The van der Waals surface area contributed by atoms with Gasteiger partial charge < -0.3 is 10.2 Å². The van der Waals surface area contributed by atoms with Gasteiger partial charge in [-0.05, 0) is 12.1 Å². The fraction of sp³-hybridized carbons (Fsp3) is 0.333. The number of hydrogen-bond acceptors (Lipinski definition) is 2. The summed E-state index contributed by atoms with van der Waals surface area (Å²) in [5.41, 5.74) is 0.265. The van der Waals surface area contributed by atoms with Gasteiger partial charge in [0.1, 0.15) is 0 Å². The lowest BCUT2D eigenvalue weighted by molar-refractivity contribution is -0.107. The first-order chi connectivity index (χ1) is 7.46. The standard InChI is InChI=1S/C9H8F3N3O/c10-7-2-1-6(3-13-7)14-8(16)15-4-9(11,12)5-15/h1-3H,4-5H2,(H,14,16). The van der Waals surface area contributed by atoms with Crippen LogP contribution in [0.2, 0.25) is 0 Å². The molecule has 1 aliphatic heterocycles. The van der Waals surface area contributed by atoms with Crippen molar-refractivity contribution in [2.75, 3.05) is 18.4 Å². The Bertz CT molecular complexity index is 399. The molecule has 0 bridgehead atoms. The molecule has 7 heteroatoms. The van der Waals surface area contributed by atoms with E-state index in [0.717, 1.165) is 17.2 Å². The van der Waals surface area contributed by atoms with Gasteiger partial charge in [-0.3, -0.25) is 0 Å². The number of nitrogens with zero attached hydrogens (tertiary/aromatic N) is 2. The fourth-order valence-corrected chi connectivity index (χ4v) is 1.31. The predicted octanol–water partition coefficient (Wildman–Crippen LogP) is 1.70. The summed E-state index contributed by atoms with van der Waals surface area (Å²) >= 11 is 0. The van der Waals surface area contributed by atoms with Gasteiger partial charge in [0, 0.05) is 0 Å². The van der Waals surface area contributed by atoms with Gasteiger partial charge in [0.25, 0.3) is 5.92 Å². The van der Waals surface area contributed by atoms with Gasteiger partial charge in [0.2, 0.25) is 5.95 Å². The lowest BCUT2D eigenvalue weighted by Crippen LogP contribution is -2.59. The first-order valence-electron chi connectivity index (χ1n) is 4.52. The topological polar surface area (TPSA) is 45.2 Å². The maximum Gasteiger partial charge on any atom is 0.322 e. The number of alkyl halides is 2. The third-order valence-electron chi connectivity index (χ3n) is 2.11. The van der Waals surface area contributed by atoms with E-state index in [2.05, 4.69) is 10.3 Å². The molecule has 1 aromatic rings. The average molecular weight is 231 g/mol. The Morgan fingerprint density at radius 3 is 2.62 bits per heavy atom. The van der Waals surface area contributed by atoms with Gasteiger partial charge in [0.15, 0.2) is 0 Å². The van der Waals surface area contributed by atoms with Gasteiger partial charge >= 0.3 is 6.03 Å². The van der Waals surface area contributed by atoms with Crippen LogP contribution in [0.3, 0.4) is 0 Å². The van der Waals surface area contributed by atoms with Crippen molar-refractivity contribution < 1.29 is 18.0 Å². The zero-order valence-corrected chi connectivity index (χ0v) is 8.08. The van der Waals surface area contributed by atoms with Gasteiger partial charge in [-0.25, -0.2) is 18.6 Å². The number of hydrogen-bond donors (Lipinski definition) is 1. The average Bonchev–Trinajstić information content (AvgIpc) is 2.18. The molecule has 0 aromatic carbocycles. The molecular formula is C9H8F3N3O. The lowest BCUT2D eigenvalue weighted by atomic mass is 10.2. The Morgan fingerprint density at radius 2 is 2.12 bits per heavy atom. The highest BCUT2D eigenvalue weighted by Crippen LogP contribution is 2.26. The number of pyridine rings is 1. The summed E-state index contributed by atoms with van der Waals surface area (Å²) in [5.74, 6) is -3.47. The molecule has 0 saturated carbocycles. The molecule has 1 fully saturated rings. The molecular weight excluding hydrogens is 223 g/mol. The summed E-state index contributed by atoms with van der Waals surface area (Å²) in [5, 5.41) is 2.33. The van der Waals surface area contributed by atoms with Crippen molar-refractivity contribution in [3.05, 3.63) is 24.3 Å². The lowest BCUT2D eigenvalue weighted by Gasteiger charge is -2.38. The second kappa shape index (κ2) is 3.66. The van der Waals surface area contributed by atoms with E-state index in [1.165, 1.54) is 6.07 Å². The Hall–Kier alpha value is -1.79. The highest BCUT2D eigenvalue weighted by molar-refractivity contribution is 5.89. The molecule has 1 N–H and O–H groups in total. The number of likely N-dealkylation sites (tertiary alicyclic amines) is 1. The number of anilines is 1. The van der Waals surface area contributed by atoms with Gasteiger partial charge in [-0.15, -0.1) is 0 Å². The van der Waals surface area contributed by atoms with E-state index in [1.54, 1.807) is 0 Å². The first-order valence-corrected chi connectivity index (χ1v) is 4.52. The van der Waals surface area contributed by atoms with Crippen molar-refractivity contribution >= 4 is 11.7 Å². The monoisotopic (exact) mass is 231 g/mol. The Balaban J connectivity index is 1.91. The van der Waals surface area contributed by atoms with Crippen LogP contribution in [0.4, 0.5) is 23.7 Å². The number of carbonyl (C=O) groups excluding carboxylic acids is 1. The van der Waals surface area contributed by atoms with E-state index in [0.29, 0.717) is 0 Å². The number of urea groups is 1. The molecule has 2 rings (SSSR count). The summed E-state index contributed by atoms with van der Waals surface area (Å²) in [4.78, 5) is 15.6. The Labute approximate surface area is 89.1 Å². The van der Waals surface area contributed by atoms with Crippen LogP contribution in [-0.2, 0) is 0 Å². The van der Waals surface area contributed by atoms with Gasteiger partial charge in [0.05, 0.1) is 25.0 Å². The van der Waals surface area contributed by atoms with Crippen molar-refractivity contribution in [3.8, 4) is 0 Å². The third kappa shape index (κ3) is 2.23. The molecule has 1 saturated heterocycles. The molecule has 0 radical (unpaired) electrons. The molecule has 4 nitrogen and oxygen atoms in total. The van der Waals surface area contributed by atoms with Crippen LogP contribution >= 0.6 is 0 Å². The van der Waals surface area contributed by atoms with Crippen molar-refractivity contribution in [1.29, 1.82) is 0 Å². The normalized spacial score (nSPS) is 17.8. The molecule has 2 heterocycles. The zero-order chi connectivity index (χ0) is 11.8. The van der Waals surface area contributed by atoms with E-state index in [4.69, 9.17) is 0 Å². The quantitative estimate of drug-likeness (QED) is 0.748. The van der Waals surface area contributed by atoms with E-state index in [-0.39, 0.29) is 5.69 Å². The number of rotatable bonds is 1. The maximum atomic E-state index is 12.5. The summed E-state index contributed by atoms with van der Waals surface area (Å²) in [7, 11) is 0. The Morgan fingerprint density at radius 1 is 1.44 bits per heavy atom. The molecule has 0 atom stereocenters. The minimum Gasteiger partial charge on any atom is -0.312 e. The van der Waals surface area contributed by atoms with Crippen LogP contribution in [0.25, 0.3) is 0 Å². The van der Waals surface area contributed by atoms with Gasteiger partial charge in [-0.2, -0.15) is 4.39 Å². The second-order valence-corrected chi connectivity index (χ2v) is 3.51. The third-order valence-corrected chi connectivity index (χ3v) is 2.11. The maximum absolute atomic E-state index is 12.5. The number of amides is 2. The van der Waals surface area contributed by atoms with Crippen molar-refractivity contribution in [1.82, 2.24) is 9.88 Å². The van der Waals surface area contributed by atoms with E-state index < -0.39 is 31.0 Å². The summed E-state index contributed by atoms with van der Waals surface area (Å²) in [6.07, 6.45) is 1.12. The second-order valence-electron chi connectivity index (χ2n) is 3.51. The Kier molecular flexibility index (Phi) is 2.45. The van der Waals surface area contributed by atoms with Crippen LogP contribution in [0.15, 0.2) is 18.3 Å². The number of aromatic nitrogens is 1. The largest absolute Gasteiger partial charge is 0.322 e. The van der Waals surface area contributed by atoms with E-state index >= 15 is 0 Å². The van der Waals surface area contributed by atoms with Crippen LogP contribution in [-0.4, -0.2) is 34.9 Å². The molecule has 0 unspecified atom stereocenters. The zero-order valence-electron chi connectivity index (χ0n) is 8.08. The van der Waals surface area contributed by atoms with Crippen LogP contribution in [0.5, 0.6) is 0 Å². The number of carbonyl (C=O) groups is 1. The molecule has 86 valence electrons. The van der Waals surface area contributed by atoms with Crippen LogP contribution in [0.1, 0.15) is 0 Å². The molecule has 2 amide bonds. The summed E-state index contributed by atoms with van der Waals surface area (Å²) in [6, 6.07) is 1.73. The highest BCUT2D eigenvalue weighted by Gasteiger charge is 2.46. The first kappa shape index (κ1) is 10.7. The summed E-state index contributed by atoms with van der Waals surface area (Å²) in [6.45, 7) is -1.18. The SMILES string of the molecule is O=C(Nc1ccc(F)nc1)N1CC(F)(F)C1. The van der Waals surface area contributed by atoms with Gasteiger partial charge in [-0.1, -0.05) is 0 Å². The molecule has 1 aliphatic rings. The predicted molar refractivity (Wildman–Crippen MR) is 49.7 cm³/mol. The number of halogens is 3. The van der Waals surface area contributed by atoms with Crippen LogP contribution < -0.4 is 5.32 Å². The van der Waals surface area contributed by atoms with Crippen molar-refractivity contribution in [2.24, 2.45) is 0 Å². The number of nitrogens with one attached hydrogen (secondary N) is 1. The van der Waals surface area contributed by atoms with Crippen molar-refractivity contribution in [3.63, 3.8) is 0 Å². The van der Waals surface area contributed by atoms with Crippen LogP contribution in [0, 0.1) is 5.95 Å². The highest BCUT2D eigenvalue weighted by atomic mass is 19.3. The molecule has 0 spiro atoms. The smallest absolute Gasteiger partial charge is 0.312 e. The minimum atomic E-state index is -2.79. The fourth-order valence-electron chi connectivity index (χ4n) is 1.31. The molecule has 16 heavy (non-hydrogen) atoms. The molecule has 0 aliphatic carbocycles. The van der Waals surface area contributed by atoms with E-state index in [9.17, 15) is 18.0 Å². The van der Waals surface area contributed by atoms with Crippen molar-refractivity contribution in [2.45, 2.75) is 5.92 Å².